The Labute approximate surface area is 235 Å². The number of ether oxygens (including phenoxy) is 1. The van der Waals surface area contributed by atoms with E-state index in [-0.39, 0.29) is 18.0 Å². The number of carbonyl (C=O) groups is 2. The number of esters is 1. The van der Waals surface area contributed by atoms with E-state index >= 15 is 0 Å². The predicted octanol–water partition coefficient (Wildman–Crippen LogP) is 4.40. The van der Waals surface area contributed by atoms with Crippen LogP contribution < -0.4 is 5.32 Å². The fourth-order valence-corrected chi connectivity index (χ4v) is 4.62. The van der Waals surface area contributed by atoms with Gasteiger partial charge >= 0.3 is 5.97 Å². The Morgan fingerprint density at radius 1 is 1.12 bits per heavy atom. The van der Waals surface area contributed by atoms with Crippen molar-refractivity contribution in [3.05, 3.63) is 95.3 Å². The summed E-state index contributed by atoms with van der Waals surface area (Å²) >= 11 is 0. The number of nitrogens with zero attached hydrogens (tertiary/aromatic N) is 2. The average molecular weight is 570 g/mol. The van der Waals surface area contributed by atoms with E-state index in [1.54, 1.807) is 51.5 Å². The van der Waals surface area contributed by atoms with Crippen LogP contribution in [0.3, 0.4) is 0 Å². The van der Waals surface area contributed by atoms with Crippen molar-refractivity contribution in [1.29, 1.82) is 0 Å². The van der Waals surface area contributed by atoms with Crippen LogP contribution in [-0.2, 0) is 38.8 Å². The number of rotatable bonds is 12. The van der Waals surface area contributed by atoms with E-state index in [2.05, 4.69) is 10.3 Å². The predicted molar refractivity (Wildman–Crippen MR) is 153 cm³/mol. The van der Waals surface area contributed by atoms with Gasteiger partial charge in [-0.1, -0.05) is 36.4 Å². The Kier molecular flexibility index (Phi) is 10.4. The van der Waals surface area contributed by atoms with E-state index in [1.165, 1.54) is 12.1 Å². The number of benzene rings is 2. The SMILES string of the molecule is CC(C)(C)OC(=O)[C@H](CCS(C)(=O)=O)NC(=O)c1cc(/C=C/Cn2ccnc2)ccc1CCc1ccc(F)cc1. The maximum atomic E-state index is 13.6. The second kappa shape index (κ2) is 13.5. The molecule has 0 saturated heterocycles. The zero-order valence-electron chi connectivity index (χ0n) is 23.3. The van der Waals surface area contributed by atoms with E-state index in [0.29, 0.717) is 24.9 Å². The molecule has 10 heteroatoms. The molecule has 1 aromatic heterocycles. The largest absolute Gasteiger partial charge is 0.458 e. The van der Waals surface area contributed by atoms with Gasteiger partial charge in [0.2, 0.25) is 0 Å². The molecule has 3 rings (SSSR count). The van der Waals surface area contributed by atoms with Crippen LogP contribution in [0, 0.1) is 5.82 Å². The Hall–Kier alpha value is -3.79. The number of nitrogens with one attached hydrogen (secondary N) is 1. The third-order valence-electron chi connectivity index (χ3n) is 5.93. The summed E-state index contributed by atoms with van der Waals surface area (Å²) in [6.07, 6.45) is 11.1. The number of hydrogen-bond acceptors (Lipinski definition) is 6. The molecule has 1 heterocycles. The topological polar surface area (TPSA) is 107 Å². The molecule has 0 saturated carbocycles. The second-order valence-electron chi connectivity index (χ2n) is 10.7. The number of hydrogen-bond donors (Lipinski definition) is 1. The minimum Gasteiger partial charge on any atom is -0.458 e. The zero-order valence-corrected chi connectivity index (χ0v) is 24.1. The normalized spacial score (nSPS) is 12.8. The molecule has 0 unspecified atom stereocenters. The summed E-state index contributed by atoms with van der Waals surface area (Å²) in [5.74, 6) is -1.82. The lowest BCUT2D eigenvalue weighted by molar-refractivity contribution is -0.157. The average Bonchev–Trinajstić information content (AvgIpc) is 3.38. The summed E-state index contributed by atoms with van der Waals surface area (Å²) in [7, 11) is -3.38. The number of carbonyl (C=O) groups excluding carboxylic acids is 2. The lowest BCUT2D eigenvalue weighted by Gasteiger charge is -2.25. The molecule has 40 heavy (non-hydrogen) atoms. The standard InChI is InChI=1S/C30H36FN3O5S/c1-30(2,3)39-29(36)27(15-19-40(4,37)38)33-28(35)26-20-23(6-5-17-34-18-16-32-21-34)8-12-24(26)11-7-22-9-13-25(31)14-10-22/h5-6,8-10,12-14,16,18,20-21,27H,7,11,15,17,19H2,1-4H3,(H,33,35)/b6-5+/t27-/m0/s1. The summed E-state index contributed by atoms with van der Waals surface area (Å²) in [6, 6.07) is 10.5. The van der Waals surface area contributed by atoms with E-state index < -0.39 is 33.4 Å². The van der Waals surface area contributed by atoms with Crippen molar-refractivity contribution >= 4 is 27.8 Å². The number of sulfone groups is 1. The Morgan fingerprint density at radius 3 is 2.48 bits per heavy atom. The summed E-state index contributed by atoms with van der Waals surface area (Å²) in [6.45, 7) is 5.70. The molecule has 0 aliphatic heterocycles. The number of halogens is 1. The lowest BCUT2D eigenvalue weighted by Crippen LogP contribution is -2.45. The maximum absolute atomic E-state index is 13.6. The molecule has 0 aliphatic carbocycles. The third kappa shape index (κ3) is 10.4. The van der Waals surface area contributed by atoms with Crippen LogP contribution in [-0.4, -0.2) is 53.5 Å². The van der Waals surface area contributed by atoms with Crippen LogP contribution in [0.1, 0.15) is 54.2 Å². The summed E-state index contributed by atoms with van der Waals surface area (Å²) in [5.41, 5.74) is 1.97. The lowest BCUT2D eigenvalue weighted by atomic mass is 9.96. The monoisotopic (exact) mass is 569 g/mol. The van der Waals surface area contributed by atoms with Gasteiger partial charge in [0.25, 0.3) is 5.91 Å². The summed E-state index contributed by atoms with van der Waals surface area (Å²) in [5, 5.41) is 2.72. The first-order chi connectivity index (χ1) is 18.8. The molecular formula is C30H36FN3O5S. The van der Waals surface area contributed by atoms with E-state index in [9.17, 15) is 22.4 Å². The van der Waals surface area contributed by atoms with Gasteiger partial charge in [-0.2, -0.15) is 0 Å². The van der Waals surface area contributed by atoms with E-state index in [0.717, 1.165) is 22.9 Å². The van der Waals surface area contributed by atoms with Crippen LogP contribution in [0.5, 0.6) is 0 Å². The number of allylic oxidation sites excluding steroid dienone is 1. The highest BCUT2D eigenvalue weighted by atomic mass is 32.2. The fraction of sp³-hybridized carbons (Fsp3) is 0.367. The second-order valence-corrected chi connectivity index (χ2v) is 12.9. The Morgan fingerprint density at radius 2 is 1.85 bits per heavy atom. The first-order valence-corrected chi connectivity index (χ1v) is 15.1. The Balaban J connectivity index is 1.87. The molecule has 0 radical (unpaired) electrons. The minimum absolute atomic E-state index is 0.116. The van der Waals surface area contributed by atoms with Crippen LogP contribution in [0.2, 0.25) is 0 Å². The fourth-order valence-electron chi connectivity index (χ4n) is 3.95. The van der Waals surface area contributed by atoms with Crippen molar-refractivity contribution in [2.75, 3.05) is 12.0 Å². The van der Waals surface area contributed by atoms with Gasteiger partial charge in [-0.05, 0) is 74.9 Å². The highest BCUT2D eigenvalue weighted by Gasteiger charge is 2.28. The number of aryl methyl sites for hydroxylation is 2. The highest BCUT2D eigenvalue weighted by Crippen LogP contribution is 2.18. The first kappa shape index (κ1) is 30.7. The van der Waals surface area contributed by atoms with Gasteiger partial charge in [-0.25, -0.2) is 22.6 Å². The van der Waals surface area contributed by atoms with Crippen LogP contribution in [0.15, 0.2) is 67.3 Å². The first-order valence-electron chi connectivity index (χ1n) is 13.0. The van der Waals surface area contributed by atoms with E-state index in [1.807, 2.05) is 35.0 Å². The molecule has 1 amide bonds. The van der Waals surface area contributed by atoms with Gasteiger partial charge < -0.3 is 14.6 Å². The Bertz CT molecular complexity index is 1430. The molecule has 1 N–H and O–H groups in total. The molecule has 8 nitrogen and oxygen atoms in total. The van der Waals surface area contributed by atoms with Gasteiger partial charge in [0, 0.05) is 30.8 Å². The molecular weight excluding hydrogens is 533 g/mol. The molecule has 0 spiro atoms. The summed E-state index contributed by atoms with van der Waals surface area (Å²) < 4.78 is 44.3. The van der Waals surface area contributed by atoms with Gasteiger partial charge in [-0.15, -0.1) is 0 Å². The number of amides is 1. The smallest absolute Gasteiger partial charge is 0.329 e. The number of imidazole rings is 1. The molecule has 214 valence electrons. The summed E-state index contributed by atoms with van der Waals surface area (Å²) in [4.78, 5) is 30.5. The molecule has 1 atom stereocenters. The quantitative estimate of drug-likeness (QED) is 0.324. The van der Waals surface area contributed by atoms with E-state index in [4.69, 9.17) is 4.74 Å². The van der Waals surface area contributed by atoms with Crippen LogP contribution >= 0.6 is 0 Å². The van der Waals surface area contributed by atoms with Crippen LogP contribution in [0.4, 0.5) is 4.39 Å². The van der Waals surface area contributed by atoms with Crippen molar-refractivity contribution in [3.63, 3.8) is 0 Å². The van der Waals surface area contributed by atoms with Gasteiger partial charge in [-0.3, -0.25) is 4.79 Å². The zero-order chi connectivity index (χ0) is 29.3. The molecule has 0 bridgehead atoms. The minimum atomic E-state index is -3.38. The third-order valence-corrected chi connectivity index (χ3v) is 6.91. The van der Waals surface area contributed by atoms with Crippen molar-refractivity contribution in [2.24, 2.45) is 0 Å². The highest BCUT2D eigenvalue weighted by molar-refractivity contribution is 7.90. The number of aromatic nitrogens is 2. The molecule has 3 aromatic rings. The van der Waals surface area contributed by atoms with Crippen molar-refractivity contribution in [3.8, 4) is 0 Å². The van der Waals surface area contributed by atoms with Gasteiger partial charge in [0.05, 0.1) is 12.1 Å². The molecule has 0 fully saturated rings. The van der Waals surface area contributed by atoms with Gasteiger partial charge in [0.15, 0.2) is 0 Å². The van der Waals surface area contributed by atoms with Gasteiger partial charge in [0.1, 0.15) is 27.3 Å². The van der Waals surface area contributed by atoms with Crippen LogP contribution in [0.25, 0.3) is 6.08 Å². The van der Waals surface area contributed by atoms with Crippen molar-refractivity contribution < 1.29 is 27.1 Å². The molecule has 0 aliphatic rings. The van der Waals surface area contributed by atoms with Crippen molar-refractivity contribution in [2.45, 2.75) is 58.2 Å². The maximum Gasteiger partial charge on any atom is 0.329 e. The van der Waals surface area contributed by atoms with Crippen molar-refractivity contribution in [1.82, 2.24) is 14.9 Å². The molecule has 2 aromatic carbocycles.